The van der Waals surface area contributed by atoms with Crippen LogP contribution in [0.2, 0.25) is 0 Å². The highest BCUT2D eigenvalue weighted by Crippen LogP contribution is 2.20. The van der Waals surface area contributed by atoms with Crippen LogP contribution >= 0.6 is 0 Å². The molecule has 0 aliphatic heterocycles. The molecule has 0 aromatic rings. The van der Waals surface area contributed by atoms with Crippen LogP contribution in [-0.2, 0) is 4.74 Å². The van der Waals surface area contributed by atoms with Crippen LogP contribution in [-0.4, -0.2) is 25.8 Å². The summed E-state index contributed by atoms with van der Waals surface area (Å²) in [7, 11) is 1.80. The van der Waals surface area contributed by atoms with Crippen molar-refractivity contribution in [2.75, 3.05) is 13.7 Å². The fraction of sp³-hybridized carbons (Fsp3) is 0.818. The molecule has 1 N–H and O–H groups in total. The van der Waals surface area contributed by atoms with E-state index in [9.17, 15) is 0 Å². The standard InChI is InChI=1S/C11H19NO/c1-3-4-9-12-10-7-5-6-8-11(10)13-2/h10-12H,5-9H2,1-2H3/t10-,11-/m0/s1. The lowest BCUT2D eigenvalue weighted by molar-refractivity contribution is 0.0433. The molecule has 74 valence electrons. The molecule has 0 radical (unpaired) electrons. The van der Waals surface area contributed by atoms with Gasteiger partial charge in [-0.3, -0.25) is 0 Å². The van der Waals surface area contributed by atoms with Gasteiger partial charge in [0.25, 0.3) is 0 Å². The van der Waals surface area contributed by atoms with Gasteiger partial charge in [-0.1, -0.05) is 18.8 Å². The van der Waals surface area contributed by atoms with Gasteiger partial charge in [0.1, 0.15) is 0 Å². The van der Waals surface area contributed by atoms with Crippen molar-refractivity contribution in [3.63, 3.8) is 0 Å². The third-order valence-electron chi connectivity index (χ3n) is 2.63. The van der Waals surface area contributed by atoms with Crippen LogP contribution in [0.3, 0.4) is 0 Å². The number of methoxy groups -OCH3 is 1. The minimum absolute atomic E-state index is 0.396. The molecule has 0 aromatic carbocycles. The van der Waals surface area contributed by atoms with Crippen molar-refractivity contribution in [1.29, 1.82) is 0 Å². The summed E-state index contributed by atoms with van der Waals surface area (Å²) < 4.78 is 5.42. The first-order valence-corrected chi connectivity index (χ1v) is 5.04. The van der Waals surface area contributed by atoms with Gasteiger partial charge in [0.05, 0.1) is 12.6 Å². The molecule has 2 heteroatoms. The average Bonchev–Trinajstić information content (AvgIpc) is 2.19. The molecule has 2 nitrogen and oxygen atoms in total. The van der Waals surface area contributed by atoms with E-state index in [1.807, 2.05) is 6.92 Å². The second kappa shape index (κ2) is 6.01. The van der Waals surface area contributed by atoms with Crippen molar-refractivity contribution in [3.8, 4) is 11.8 Å². The summed E-state index contributed by atoms with van der Waals surface area (Å²) in [6.45, 7) is 2.66. The van der Waals surface area contributed by atoms with Gasteiger partial charge in [0, 0.05) is 13.2 Å². The molecule has 1 rings (SSSR count). The maximum atomic E-state index is 5.42. The molecular formula is C11H19NO. The molecule has 0 amide bonds. The topological polar surface area (TPSA) is 21.3 Å². The van der Waals surface area contributed by atoms with Crippen molar-refractivity contribution < 1.29 is 4.74 Å². The Hall–Kier alpha value is -0.520. The van der Waals surface area contributed by atoms with E-state index < -0.39 is 0 Å². The Morgan fingerprint density at radius 2 is 2.15 bits per heavy atom. The lowest BCUT2D eigenvalue weighted by Gasteiger charge is -2.30. The van der Waals surface area contributed by atoms with E-state index in [2.05, 4.69) is 17.2 Å². The summed E-state index contributed by atoms with van der Waals surface area (Å²) in [5, 5.41) is 3.42. The second-order valence-electron chi connectivity index (χ2n) is 3.47. The fourth-order valence-electron chi connectivity index (χ4n) is 1.88. The summed E-state index contributed by atoms with van der Waals surface area (Å²) >= 11 is 0. The summed E-state index contributed by atoms with van der Waals surface area (Å²) in [5.74, 6) is 5.91. The molecule has 0 saturated heterocycles. The Kier molecular flexibility index (Phi) is 4.88. The lowest BCUT2D eigenvalue weighted by atomic mass is 9.92. The minimum Gasteiger partial charge on any atom is -0.380 e. The van der Waals surface area contributed by atoms with Crippen LogP contribution in [0.15, 0.2) is 0 Å². The molecule has 0 unspecified atom stereocenters. The zero-order valence-electron chi connectivity index (χ0n) is 8.60. The maximum Gasteiger partial charge on any atom is 0.0724 e. The number of hydrogen-bond donors (Lipinski definition) is 1. The van der Waals surface area contributed by atoms with E-state index in [0.29, 0.717) is 12.1 Å². The number of nitrogens with one attached hydrogen (secondary N) is 1. The molecular weight excluding hydrogens is 162 g/mol. The largest absolute Gasteiger partial charge is 0.380 e. The van der Waals surface area contributed by atoms with Gasteiger partial charge >= 0.3 is 0 Å². The van der Waals surface area contributed by atoms with Crippen LogP contribution in [0, 0.1) is 11.8 Å². The van der Waals surface area contributed by atoms with Crippen molar-refractivity contribution >= 4 is 0 Å². The van der Waals surface area contributed by atoms with Gasteiger partial charge in [-0.15, -0.1) is 5.92 Å². The first-order valence-electron chi connectivity index (χ1n) is 5.04. The van der Waals surface area contributed by atoms with Gasteiger partial charge in [0.2, 0.25) is 0 Å². The molecule has 1 fully saturated rings. The predicted molar refractivity (Wildman–Crippen MR) is 54.5 cm³/mol. The normalized spacial score (nSPS) is 27.8. The van der Waals surface area contributed by atoms with E-state index in [4.69, 9.17) is 4.74 Å². The van der Waals surface area contributed by atoms with E-state index in [1.54, 1.807) is 7.11 Å². The highest BCUT2D eigenvalue weighted by atomic mass is 16.5. The molecule has 1 aliphatic carbocycles. The summed E-state index contributed by atoms with van der Waals surface area (Å²) in [5.41, 5.74) is 0. The molecule has 0 bridgehead atoms. The van der Waals surface area contributed by atoms with Crippen molar-refractivity contribution in [1.82, 2.24) is 5.32 Å². The van der Waals surface area contributed by atoms with Crippen LogP contribution in [0.5, 0.6) is 0 Å². The smallest absolute Gasteiger partial charge is 0.0724 e. The van der Waals surface area contributed by atoms with Crippen LogP contribution in [0.1, 0.15) is 32.6 Å². The monoisotopic (exact) mass is 181 g/mol. The van der Waals surface area contributed by atoms with Crippen LogP contribution < -0.4 is 5.32 Å². The van der Waals surface area contributed by atoms with Gasteiger partial charge in [-0.05, 0) is 19.8 Å². The quantitative estimate of drug-likeness (QED) is 0.667. The number of ether oxygens (including phenoxy) is 1. The van der Waals surface area contributed by atoms with Gasteiger partial charge < -0.3 is 10.1 Å². The molecule has 2 atom stereocenters. The van der Waals surface area contributed by atoms with Crippen LogP contribution in [0.4, 0.5) is 0 Å². The molecule has 1 aliphatic rings. The van der Waals surface area contributed by atoms with Crippen molar-refractivity contribution in [2.24, 2.45) is 0 Å². The molecule has 13 heavy (non-hydrogen) atoms. The van der Waals surface area contributed by atoms with E-state index in [0.717, 1.165) is 6.54 Å². The highest BCUT2D eigenvalue weighted by molar-refractivity contribution is 4.98. The summed E-state index contributed by atoms with van der Waals surface area (Å²) in [4.78, 5) is 0. The Morgan fingerprint density at radius 3 is 2.85 bits per heavy atom. The average molecular weight is 181 g/mol. The fourth-order valence-corrected chi connectivity index (χ4v) is 1.88. The molecule has 0 aromatic heterocycles. The van der Waals surface area contributed by atoms with Gasteiger partial charge in [-0.25, -0.2) is 0 Å². The van der Waals surface area contributed by atoms with Crippen molar-refractivity contribution in [3.05, 3.63) is 0 Å². The number of hydrogen-bond acceptors (Lipinski definition) is 2. The summed E-state index contributed by atoms with van der Waals surface area (Å²) in [6.07, 6.45) is 5.43. The molecule has 1 saturated carbocycles. The zero-order chi connectivity index (χ0) is 9.52. The van der Waals surface area contributed by atoms with E-state index >= 15 is 0 Å². The third kappa shape index (κ3) is 3.38. The SMILES string of the molecule is CC#CCN[C@H]1CCCC[C@@H]1OC. The predicted octanol–water partition coefficient (Wildman–Crippen LogP) is 1.56. The Bertz CT molecular complexity index is 192. The van der Waals surface area contributed by atoms with Gasteiger partial charge in [-0.2, -0.15) is 0 Å². The maximum absolute atomic E-state index is 5.42. The minimum atomic E-state index is 0.396. The molecule has 0 spiro atoms. The Morgan fingerprint density at radius 1 is 1.38 bits per heavy atom. The van der Waals surface area contributed by atoms with Crippen LogP contribution in [0.25, 0.3) is 0 Å². The zero-order valence-corrected chi connectivity index (χ0v) is 8.60. The lowest BCUT2D eigenvalue weighted by Crippen LogP contribution is -2.43. The number of rotatable bonds is 3. The first-order chi connectivity index (χ1) is 6.38. The van der Waals surface area contributed by atoms with Gasteiger partial charge in [0.15, 0.2) is 0 Å². The highest BCUT2D eigenvalue weighted by Gasteiger charge is 2.23. The first kappa shape index (κ1) is 10.6. The molecule has 0 heterocycles. The third-order valence-corrected chi connectivity index (χ3v) is 2.63. The Labute approximate surface area is 81.0 Å². The van der Waals surface area contributed by atoms with Crippen molar-refractivity contribution in [2.45, 2.75) is 44.8 Å². The Balaban J connectivity index is 2.30. The van der Waals surface area contributed by atoms with E-state index in [1.165, 1.54) is 25.7 Å². The van der Waals surface area contributed by atoms with E-state index in [-0.39, 0.29) is 0 Å². The summed E-state index contributed by atoms with van der Waals surface area (Å²) in [6, 6.07) is 0.514. The second-order valence-corrected chi connectivity index (χ2v) is 3.47.